The fraction of sp³-hybridized carbons (Fsp3) is 0.308. The molecule has 57 heavy (non-hydrogen) atoms. The number of carbonyl (C=O) groups excluding carboxylic acids is 5. The van der Waals surface area contributed by atoms with Crippen LogP contribution in [0.25, 0.3) is 0 Å². The Labute approximate surface area is 338 Å². The number of thioether (sulfide) groups is 1. The molecule has 1 aromatic heterocycles. The van der Waals surface area contributed by atoms with Gasteiger partial charge >= 0.3 is 0 Å². The Bertz CT molecular complexity index is 2330. The predicted octanol–water partition coefficient (Wildman–Crippen LogP) is 5.15. The number of imide groups is 2. The molecule has 0 radical (unpaired) electrons. The number of rotatable bonds is 12. The Hall–Kier alpha value is -5.44. The normalized spacial score (nSPS) is 17.3. The minimum Gasteiger partial charge on any atom is -0.494 e. The van der Waals surface area contributed by atoms with Crippen molar-refractivity contribution in [3.8, 4) is 5.75 Å². The fourth-order valence-electron chi connectivity index (χ4n) is 7.09. The summed E-state index contributed by atoms with van der Waals surface area (Å²) in [5.41, 5.74) is 2.57. The Morgan fingerprint density at radius 1 is 0.982 bits per heavy atom. The van der Waals surface area contributed by atoms with Crippen molar-refractivity contribution in [1.82, 2.24) is 25.5 Å². The zero-order valence-electron chi connectivity index (χ0n) is 31.3. The maximum atomic E-state index is 13.4. The first-order valence-electron chi connectivity index (χ1n) is 18.2. The summed E-state index contributed by atoms with van der Waals surface area (Å²) in [5, 5.41) is 12.7. The number of piperidine rings is 2. The van der Waals surface area contributed by atoms with Crippen LogP contribution < -0.4 is 36.2 Å². The number of halogens is 1. The van der Waals surface area contributed by atoms with Crippen LogP contribution in [0.1, 0.15) is 46.4 Å². The molecule has 4 aromatic rings. The van der Waals surface area contributed by atoms with Gasteiger partial charge in [-0.15, -0.1) is 11.8 Å². The molecule has 1 unspecified atom stereocenters. The molecule has 0 aliphatic carbocycles. The van der Waals surface area contributed by atoms with Crippen LogP contribution in [0.2, 0.25) is 5.02 Å². The molecule has 18 heteroatoms. The maximum absolute atomic E-state index is 13.4. The second-order valence-electron chi connectivity index (χ2n) is 14.1. The first-order chi connectivity index (χ1) is 27.3. The average Bonchev–Trinajstić information content (AvgIpc) is 3.44. The number of anilines is 5. The zero-order chi connectivity index (χ0) is 40.4. The van der Waals surface area contributed by atoms with Gasteiger partial charge in [0.2, 0.25) is 23.7 Å². The maximum Gasteiger partial charge on any atom is 0.263 e. The number of hydrogen-bond acceptors (Lipinski definition) is 13. The number of nitrogens with one attached hydrogen (secondary N) is 4. The Balaban J connectivity index is 0.931. The van der Waals surface area contributed by atoms with Crippen molar-refractivity contribution >= 4 is 94.2 Å². The number of methoxy groups -OCH3 is 1. The second kappa shape index (κ2) is 16.6. The SMILES string of the molecule is COc1cc(N2CCC(NC(=O)CSc3cccc4c3C(=O)N(C3CCC(=O)NC3=O)C4=O)CC2)ccc1Nc1ncc(Cl)c(Nc2ccccc2P(C)(C)=O)n1. The number of nitrogens with zero attached hydrogens (tertiary/aromatic N) is 4. The van der Waals surface area contributed by atoms with Gasteiger partial charge < -0.3 is 30.2 Å². The van der Waals surface area contributed by atoms with Crippen molar-refractivity contribution in [3.05, 3.63) is 83.0 Å². The standard InChI is InChI=1S/C39H40ClN8O7PS/c1-55-29-19-23(11-12-26(29)44-39-41-20-25(40)35(46-39)43-27-8-4-5-9-30(27)56(2,3)54)47-17-15-22(16-18-47)42-33(50)21-57-31-10-6-7-24-34(31)38(53)48(37(24)52)28-13-14-32(49)45-36(28)51/h4-12,19-20,22,28H,13-18,21H2,1-3H3,(H,42,50)(H,45,49,51)(H2,41,43,44,46). The lowest BCUT2D eigenvalue weighted by Gasteiger charge is -2.34. The molecular formula is C39H40ClN8O7PS. The first-order valence-corrected chi connectivity index (χ1v) is 22.2. The van der Waals surface area contributed by atoms with Crippen LogP contribution in [0.5, 0.6) is 5.75 Å². The van der Waals surface area contributed by atoms with E-state index in [1.54, 1.807) is 32.6 Å². The molecular weight excluding hydrogens is 791 g/mol. The molecule has 3 aromatic carbocycles. The van der Waals surface area contributed by atoms with E-state index < -0.39 is 36.8 Å². The molecule has 296 valence electrons. The number of aromatic nitrogens is 2. The number of amides is 5. The number of fused-ring (bicyclic) bond motifs is 1. The van der Waals surface area contributed by atoms with Crippen molar-refractivity contribution in [2.45, 2.75) is 42.7 Å². The monoisotopic (exact) mass is 830 g/mol. The summed E-state index contributed by atoms with van der Waals surface area (Å²) in [5.74, 6) is -1.27. The quantitative estimate of drug-likeness (QED) is 0.0834. The minimum atomic E-state index is -2.58. The van der Waals surface area contributed by atoms with Gasteiger partial charge in [-0.1, -0.05) is 29.8 Å². The average molecular weight is 831 g/mol. The first kappa shape index (κ1) is 39.8. The third kappa shape index (κ3) is 8.63. The molecule has 0 spiro atoms. The van der Waals surface area contributed by atoms with Crippen LogP contribution in [-0.4, -0.2) is 95.8 Å². The largest absolute Gasteiger partial charge is 0.494 e. The van der Waals surface area contributed by atoms with Crippen LogP contribution in [0.3, 0.4) is 0 Å². The number of carbonyl (C=O) groups is 5. The molecule has 2 fully saturated rings. The van der Waals surface area contributed by atoms with Gasteiger partial charge in [0, 0.05) is 47.5 Å². The van der Waals surface area contributed by atoms with Gasteiger partial charge in [-0.3, -0.25) is 34.2 Å². The molecule has 7 rings (SSSR count). The molecule has 1 atom stereocenters. The van der Waals surface area contributed by atoms with E-state index in [2.05, 4.69) is 36.1 Å². The van der Waals surface area contributed by atoms with E-state index in [0.717, 1.165) is 22.3 Å². The van der Waals surface area contributed by atoms with E-state index in [4.69, 9.17) is 16.3 Å². The molecule has 0 bridgehead atoms. The summed E-state index contributed by atoms with van der Waals surface area (Å²) < 4.78 is 18.6. The number of para-hydroxylation sites is 1. The Morgan fingerprint density at radius 2 is 1.75 bits per heavy atom. The van der Waals surface area contributed by atoms with Crippen molar-refractivity contribution in [2.24, 2.45) is 0 Å². The molecule has 5 amide bonds. The van der Waals surface area contributed by atoms with Crippen molar-refractivity contribution in [2.75, 3.05) is 54.8 Å². The molecule has 4 heterocycles. The van der Waals surface area contributed by atoms with Gasteiger partial charge in [0.05, 0.1) is 41.6 Å². The number of ether oxygens (including phenoxy) is 1. The number of hydrogen-bond donors (Lipinski definition) is 4. The van der Waals surface area contributed by atoms with Crippen LogP contribution in [-0.2, 0) is 18.9 Å². The van der Waals surface area contributed by atoms with E-state index in [9.17, 15) is 28.5 Å². The summed E-state index contributed by atoms with van der Waals surface area (Å²) in [6.45, 7) is 4.78. The molecule has 2 saturated heterocycles. The summed E-state index contributed by atoms with van der Waals surface area (Å²) >= 11 is 7.60. The summed E-state index contributed by atoms with van der Waals surface area (Å²) in [6.07, 6.45) is 2.99. The number of benzene rings is 3. The molecule has 3 aliphatic heterocycles. The summed E-state index contributed by atoms with van der Waals surface area (Å²) in [6, 6.07) is 16.8. The van der Waals surface area contributed by atoms with Crippen molar-refractivity contribution < 1.29 is 33.3 Å². The van der Waals surface area contributed by atoms with Gasteiger partial charge in [0.25, 0.3) is 11.8 Å². The third-order valence-corrected chi connectivity index (χ3v) is 12.8. The van der Waals surface area contributed by atoms with Crippen LogP contribution >= 0.6 is 30.5 Å². The van der Waals surface area contributed by atoms with Crippen molar-refractivity contribution in [3.63, 3.8) is 0 Å². The summed E-state index contributed by atoms with van der Waals surface area (Å²) in [4.78, 5) is 76.3. The highest BCUT2D eigenvalue weighted by atomic mass is 35.5. The molecule has 0 saturated carbocycles. The smallest absolute Gasteiger partial charge is 0.263 e. The molecule has 4 N–H and O–H groups in total. The van der Waals surface area contributed by atoms with E-state index in [0.29, 0.717) is 64.1 Å². The highest BCUT2D eigenvalue weighted by Gasteiger charge is 2.45. The van der Waals surface area contributed by atoms with Gasteiger partial charge in [-0.25, -0.2) is 4.98 Å². The summed E-state index contributed by atoms with van der Waals surface area (Å²) in [7, 11) is -0.998. The topological polar surface area (TPSA) is 192 Å². The fourth-order valence-corrected chi connectivity index (χ4v) is 9.27. The minimum absolute atomic E-state index is 0.0317. The van der Waals surface area contributed by atoms with Gasteiger partial charge in [-0.2, -0.15) is 4.98 Å². The molecule has 3 aliphatic rings. The Morgan fingerprint density at radius 3 is 2.49 bits per heavy atom. The lowest BCUT2D eigenvalue weighted by Crippen LogP contribution is -2.54. The van der Waals surface area contributed by atoms with Gasteiger partial charge in [0.1, 0.15) is 24.0 Å². The van der Waals surface area contributed by atoms with Gasteiger partial charge in [-0.05, 0) is 69.0 Å². The zero-order valence-corrected chi connectivity index (χ0v) is 33.8. The van der Waals surface area contributed by atoms with E-state index in [1.807, 2.05) is 42.5 Å². The van der Waals surface area contributed by atoms with Crippen LogP contribution in [0.4, 0.5) is 28.8 Å². The molecule has 15 nitrogen and oxygen atoms in total. The van der Waals surface area contributed by atoms with E-state index >= 15 is 0 Å². The predicted molar refractivity (Wildman–Crippen MR) is 219 cm³/mol. The van der Waals surface area contributed by atoms with Gasteiger partial charge in [0.15, 0.2) is 5.82 Å². The van der Waals surface area contributed by atoms with Crippen molar-refractivity contribution in [1.29, 1.82) is 0 Å². The second-order valence-corrected chi connectivity index (χ2v) is 18.7. The lowest BCUT2D eigenvalue weighted by atomic mass is 10.0. The Kier molecular flexibility index (Phi) is 11.6. The highest BCUT2D eigenvalue weighted by molar-refractivity contribution is 8.00. The van der Waals surface area contributed by atoms with E-state index in [1.165, 1.54) is 12.3 Å². The highest BCUT2D eigenvalue weighted by Crippen LogP contribution is 2.39. The lowest BCUT2D eigenvalue weighted by molar-refractivity contribution is -0.136. The third-order valence-electron chi connectivity index (χ3n) is 9.93. The van der Waals surface area contributed by atoms with Crippen LogP contribution in [0, 0.1) is 0 Å². The van der Waals surface area contributed by atoms with E-state index in [-0.39, 0.29) is 47.6 Å². The van der Waals surface area contributed by atoms with Crippen LogP contribution in [0.15, 0.2) is 71.8 Å².